The Hall–Kier alpha value is -1.62. The fraction of sp³-hybridized carbons (Fsp3) is 0.750. The van der Waals surface area contributed by atoms with Crippen LogP contribution in [-0.4, -0.2) is 36.9 Å². The van der Waals surface area contributed by atoms with E-state index < -0.39 is 5.60 Å². The van der Waals surface area contributed by atoms with Crippen molar-refractivity contribution in [3.63, 3.8) is 0 Å². The minimum atomic E-state index is -0.498. The molecule has 1 aliphatic rings. The van der Waals surface area contributed by atoms with Crippen LogP contribution in [0.2, 0.25) is 0 Å². The van der Waals surface area contributed by atoms with Gasteiger partial charge in [-0.25, -0.2) is 0 Å². The van der Waals surface area contributed by atoms with Gasteiger partial charge in [0.25, 0.3) is 0 Å². The minimum Gasteiger partial charge on any atom is -0.462 e. The third-order valence-electron chi connectivity index (χ3n) is 5.55. The van der Waals surface area contributed by atoms with E-state index in [9.17, 15) is 9.59 Å². The summed E-state index contributed by atoms with van der Waals surface area (Å²) in [5.74, 6) is 0.0938. The van der Waals surface area contributed by atoms with E-state index in [2.05, 4.69) is 33.8 Å². The van der Waals surface area contributed by atoms with Crippen molar-refractivity contribution in [2.45, 2.75) is 98.2 Å². The van der Waals surface area contributed by atoms with Gasteiger partial charge in [0.15, 0.2) is 0 Å². The van der Waals surface area contributed by atoms with Crippen LogP contribution in [0.25, 0.3) is 0 Å². The van der Waals surface area contributed by atoms with E-state index in [0.717, 1.165) is 44.1 Å². The zero-order chi connectivity index (χ0) is 21.9. The molecule has 29 heavy (non-hydrogen) atoms. The number of hydrogen-bond acceptors (Lipinski definition) is 5. The Labute approximate surface area is 176 Å². The van der Waals surface area contributed by atoms with Crippen LogP contribution in [-0.2, 0) is 23.8 Å². The molecule has 1 fully saturated rings. The van der Waals surface area contributed by atoms with Crippen LogP contribution in [0.15, 0.2) is 23.3 Å². The Morgan fingerprint density at radius 2 is 1.93 bits per heavy atom. The highest BCUT2D eigenvalue weighted by Crippen LogP contribution is 2.34. The SMILES string of the molecule is CC(=O)OCC=C1CC[C@@H](OC(C)=O)[C@](C)(CCCC(C)CCC=C(C)C)OC1. The van der Waals surface area contributed by atoms with Gasteiger partial charge in [-0.2, -0.15) is 0 Å². The molecule has 0 N–H and O–H groups in total. The van der Waals surface area contributed by atoms with Crippen LogP contribution in [0.1, 0.15) is 86.5 Å². The first-order valence-corrected chi connectivity index (χ1v) is 10.9. The van der Waals surface area contributed by atoms with Crippen molar-refractivity contribution < 1.29 is 23.8 Å². The second kappa shape index (κ2) is 12.8. The van der Waals surface area contributed by atoms with E-state index in [1.807, 2.05) is 6.08 Å². The summed E-state index contributed by atoms with van der Waals surface area (Å²) < 4.78 is 16.9. The molecule has 0 bridgehead atoms. The van der Waals surface area contributed by atoms with Crippen LogP contribution in [0.5, 0.6) is 0 Å². The van der Waals surface area contributed by atoms with Crippen LogP contribution < -0.4 is 0 Å². The molecule has 5 nitrogen and oxygen atoms in total. The Bertz CT molecular complexity index is 588. The number of carbonyl (C=O) groups is 2. The van der Waals surface area contributed by atoms with Crippen LogP contribution in [0.4, 0.5) is 0 Å². The Morgan fingerprint density at radius 3 is 2.55 bits per heavy atom. The molecule has 0 saturated carbocycles. The first-order chi connectivity index (χ1) is 13.6. The van der Waals surface area contributed by atoms with Crippen LogP contribution in [0.3, 0.4) is 0 Å². The molecule has 3 atom stereocenters. The molecule has 1 saturated heterocycles. The van der Waals surface area contributed by atoms with Crippen molar-refractivity contribution in [1.82, 2.24) is 0 Å². The van der Waals surface area contributed by atoms with Gasteiger partial charge in [0.2, 0.25) is 0 Å². The Morgan fingerprint density at radius 1 is 1.21 bits per heavy atom. The van der Waals surface area contributed by atoms with Gasteiger partial charge in [0.05, 0.1) is 6.61 Å². The monoisotopic (exact) mass is 408 g/mol. The molecule has 0 aliphatic carbocycles. The fourth-order valence-electron chi connectivity index (χ4n) is 3.70. The molecule has 1 heterocycles. The summed E-state index contributed by atoms with van der Waals surface area (Å²) in [6, 6.07) is 0. The standard InChI is InChI=1S/C24H40O5/c1-18(2)9-7-10-19(3)11-8-15-24(6)23(29-21(5)26)13-12-22(17-28-24)14-16-27-20(4)25/h9,14,19,23H,7-8,10-13,15-17H2,1-6H3/t19?,23-,24+/m1/s1. The maximum atomic E-state index is 11.6. The van der Waals surface area contributed by atoms with E-state index in [1.54, 1.807) is 0 Å². The molecular formula is C24H40O5. The largest absolute Gasteiger partial charge is 0.462 e. The summed E-state index contributed by atoms with van der Waals surface area (Å²) in [5.41, 5.74) is 1.96. The normalized spacial score (nSPS) is 24.5. The summed E-state index contributed by atoms with van der Waals surface area (Å²) in [6.45, 7) is 12.2. The van der Waals surface area contributed by atoms with Gasteiger partial charge in [0, 0.05) is 13.8 Å². The average molecular weight is 409 g/mol. The maximum absolute atomic E-state index is 11.6. The molecule has 1 unspecified atom stereocenters. The summed E-state index contributed by atoms with van der Waals surface area (Å²) in [6.07, 6.45) is 10.8. The second-order valence-electron chi connectivity index (χ2n) is 8.76. The third kappa shape index (κ3) is 10.6. The van der Waals surface area contributed by atoms with Crippen molar-refractivity contribution >= 4 is 11.9 Å². The quantitative estimate of drug-likeness (QED) is 0.351. The highest BCUT2D eigenvalue weighted by Gasteiger charge is 2.39. The number of allylic oxidation sites excluding steroid dienone is 2. The van der Waals surface area contributed by atoms with Crippen molar-refractivity contribution in [3.8, 4) is 0 Å². The van der Waals surface area contributed by atoms with E-state index in [1.165, 1.54) is 25.8 Å². The predicted molar refractivity (Wildman–Crippen MR) is 116 cm³/mol. The number of ether oxygens (including phenoxy) is 3. The Balaban J connectivity index is 2.65. The highest BCUT2D eigenvalue weighted by atomic mass is 16.6. The maximum Gasteiger partial charge on any atom is 0.303 e. The molecular weight excluding hydrogens is 368 g/mol. The van der Waals surface area contributed by atoms with Gasteiger partial charge >= 0.3 is 11.9 Å². The topological polar surface area (TPSA) is 61.8 Å². The van der Waals surface area contributed by atoms with Gasteiger partial charge in [0.1, 0.15) is 18.3 Å². The predicted octanol–water partition coefficient (Wildman–Crippen LogP) is 5.53. The van der Waals surface area contributed by atoms with Crippen LogP contribution >= 0.6 is 0 Å². The molecule has 166 valence electrons. The molecule has 1 rings (SSSR count). The Kier molecular flexibility index (Phi) is 11.3. The third-order valence-corrected chi connectivity index (χ3v) is 5.55. The smallest absolute Gasteiger partial charge is 0.303 e. The molecule has 1 aliphatic heterocycles. The highest BCUT2D eigenvalue weighted by molar-refractivity contribution is 5.66. The number of carbonyl (C=O) groups excluding carboxylic acids is 2. The molecule has 0 radical (unpaired) electrons. The lowest BCUT2D eigenvalue weighted by atomic mass is 9.87. The average Bonchev–Trinajstić information content (AvgIpc) is 2.75. The van der Waals surface area contributed by atoms with E-state index in [4.69, 9.17) is 14.2 Å². The summed E-state index contributed by atoms with van der Waals surface area (Å²) in [7, 11) is 0. The van der Waals surface area contributed by atoms with Crippen molar-refractivity contribution in [1.29, 1.82) is 0 Å². The van der Waals surface area contributed by atoms with Crippen molar-refractivity contribution in [2.75, 3.05) is 13.2 Å². The molecule has 0 aromatic heterocycles. The number of rotatable bonds is 10. The van der Waals surface area contributed by atoms with Gasteiger partial charge in [-0.15, -0.1) is 0 Å². The molecule has 0 spiro atoms. The second-order valence-corrected chi connectivity index (χ2v) is 8.76. The van der Waals surface area contributed by atoms with E-state index in [0.29, 0.717) is 12.5 Å². The number of esters is 2. The lowest BCUT2D eigenvalue weighted by Gasteiger charge is -2.35. The minimum absolute atomic E-state index is 0.256. The summed E-state index contributed by atoms with van der Waals surface area (Å²) in [4.78, 5) is 22.6. The van der Waals surface area contributed by atoms with Crippen LogP contribution in [0, 0.1) is 5.92 Å². The van der Waals surface area contributed by atoms with Gasteiger partial charge in [-0.05, 0) is 70.4 Å². The zero-order valence-corrected chi connectivity index (χ0v) is 19.2. The summed E-state index contributed by atoms with van der Waals surface area (Å²) >= 11 is 0. The molecule has 0 aromatic rings. The van der Waals surface area contributed by atoms with E-state index >= 15 is 0 Å². The van der Waals surface area contributed by atoms with E-state index in [-0.39, 0.29) is 24.6 Å². The number of hydrogen-bond donors (Lipinski definition) is 0. The molecule has 0 aromatic carbocycles. The fourth-order valence-corrected chi connectivity index (χ4v) is 3.70. The lowest BCUT2D eigenvalue weighted by molar-refractivity contribution is -0.167. The first-order valence-electron chi connectivity index (χ1n) is 10.9. The zero-order valence-electron chi connectivity index (χ0n) is 19.2. The molecule has 5 heteroatoms. The van der Waals surface area contributed by atoms with Crippen molar-refractivity contribution in [3.05, 3.63) is 23.3 Å². The van der Waals surface area contributed by atoms with Gasteiger partial charge in [-0.1, -0.05) is 31.4 Å². The van der Waals surface area contributed by atoms with Gasteiger partial charge in [-0.3, -0.25) is 9.59 Å². The summed E-state index contributed by atoms with van der Waals surface area (Å²) in [5, 5.41) is 0. The lowest BCUT2D eigenvalue weighted by Crippen LogP contribution is -2.43. The first kappa shape index (κ1) is 25.4. The molecule has 0 amide bonds. The van der Waals surface area contributed by atoms with Crippen molar-refractivity contribution in [2.24, 2.45) is 5.92 Å². The van der Waals surface area contributed by atoms with Gasteiger partial charge < -0.3 is 14.2 Å².